The zero-order valence-electron chi connectivity index (χ0n) is 31.2. The number of amides is 1. The molecule has 4 heterocycles. The number of esters is 1. The third-order valence-corrected chi connectivity index (χ3v) is 11.6. The summed E-state index contributed by atoms with van der Waals surface area (Å²) in [6, 6.07) is 10.4. The van der Waals surface area contributed by atoms with Crippen molar-refractivity contribution in [1.82, 2.24) is 14.6 Å². The molecular weight excluding hydrogens is 773 g/mol. The van der Waals surface area contributed by atoms with E-state index < -0.39 is 59.2 Å². The normalized spacial score (nSPS) is 19.6. The number of fused-ring (bicyclic) bond motifs is 2. The number of hydrogen-bond acceptors (Lipinski definition) is 15. The summed E-state index contributed by atoms with van der Waals surface area (Å²) in [5.41, 5.74) is 12.2. The summed E-state index contributed by atoms with van der Waals surface area (Å²) in [5.74, 6) is -0.396. The number of nitrogens with zero attached hydrogens (tertiary/aromatic N) is 3. The molecule has 6 rings (SSSR count). The predicted octanol–water partition coefficient (Wildman–Crippen LogP) is 2.62. The standard InChI is InChI=1S/C36H46N6O12S2/c1-21(2)14-42(56(45,46)26-8-9-29-30(13-26)51-20-50-29)15-31(53-33(43)18-52-41-35(37)38)28(40-36(44)54-32-17-49-34-27(32)10-11-47-34)12-23-4-6-25(7-5-23)48-16-24-19-55-22(3)39-24/h4-9,13,19,21,27-28,31-32,34H,10-12,14-18,20H2,1-3H3,(H,40,44)(H4,37,38,41)/t27-,28-,31+,32-,34+/m0/s1. The second kappa shape index (κ2) is 18.4. The number of nitrogens with two attached hydrogens (primary N) is 2. The number of aryl methyl sites for hydroxylation is 1. The molecule has 2 fully saturated rings. The van der Waals surface area contributed by atoms with Crippen molar-refractivity contribution >= 4 is 39.4 Å². The van der Waals surface area contributed by atoms with E-state index in [1.807, 2.05) is 26.2 Å². The number of sulfonamides is 1. The van der Waals surface area contributed by atoms with Gasteiger partial charge in [-0.25, -0.2) is 23.0 Å². The Hall–Kier alpha value is -4.89. The summed E-state index contributed by atoms with van der Waals surface area (Å²) in [7, 11) is -4.25. The number of carbonyl (C=O) groups excluding carboxylic acids is 2. The molecule has 2 saturated heterocycles. The van der Waals surface area contributed by atoms with E-state index in [9.17, 15) is 18.0 Å². The summed E-state index contributed by atoms with van der Waals surface area (Å²) < 4.78 is 69.6. The van der Waals surface area contributed by atoms with Crippen LogP contribution in [-0.2, 0) is 51.6 Å². The lowest BCUT2D eigenvalue weighted by molar-refractivity contribution is -0.156. The third-order valence-electron chi connectivity index (χ3n) is 9.00. The zero-order chi connectivity index (χ0) is 39.8. The average Bonchev–Trinajstić information content (AvgIpc) is 3.97. The molecular formula is C36H46N6O12S2. The first-order valence-electron chi connectivity index (χ1n) is 18.0. The number of alkyl carbamates (subject to hydrolysis) is 1. The van der Waals surface area contributed by atoms with Gasteiger partial charge in [0.1, 0.15) is 24.6 Å². The highest BCUT2D eigenvalue weighted by molar-refractivity contribution is 7.89. The fraction of sp³-hybridized carbons (Fsp3) is 0.500. The number of ether oxygens (including phenoxy) is 7. The molecule has 5 atom stereocenters. The molecule has 304 valence electrons. The molecule has 20 heteroatoms. The molecule has 0 unspecified atom stereocenters. The highest BCUT2D eigenvalue weighted by Crippen LogP contribution is 2.35. The van der Waals surface area contributed by atoms with Gasteiger partial charge in [0.2, 0.25) is 29.4 Å². The van der Waals surface area contributed by atoms with Gasteiger partial charge in [0.15, 0.2) is 17.8 Å². The highest BCUT2D eigenvalue weighted by atomic mass is 32.2. The van der Waals surface area contributed by atoms with Crippen LogP contribution in [0.25, 0.3) is 0 Å². The number of benzene rings is 2. The Morgan fingerprint density at radius 1 is 1.09 bits per heavy atom. The Morgan fingerprint density at radius 2 is 1.88 bits per heavy atom. The van der Waals surface area contributed by atoms with Gasteiger partial charge in [-0.05, 0) is 60.7 Å². The van der Waals surface area contributed by atoms with Gasteiger partial charge in [0, 0.05) is 18.0 Å². The summed E-state index contributed by atoms with van der Waals surface area (Å²) >= 11 is 1.53. The molecule has 0 aliphatic carbocycles. The molecule has 3 aromatic rings. The fourth-order valence-corrected chi connectivity index (χ4v) is 8.66. The topological polar surface area (TPSA) is 235 Å². The lowest BCUT2D eigenvalue weighted by Gasteiger charge is -2.33. The number of thiazole rings is 1. The van der Waals surface area contributed by atoms with Crippen molar-refractivity contribution in [3.63, 3.8) is 0 Å². The van der Waals surface area contributed by atoms with Crippen LogP contribution in [0.1, 0.15) is 36.5 Å². The van der Waals surface area contributed by atoms with Crippen LogP contribution in [0.2, 0.25) is 0 Å². The van der Waals surface area contributed by atoms with E-state index in [0.29, 0.717) is 30.1 Å². The minimum absolute atomic E-state index is 0.0273. The number of aromatic nitrogens is 1. The van der Waals surface area contributed by atoms with E-state index in [2.05, 4.69) is 15.5 Å². The molecule has 2 aromatic carbocycles. The van der Waals surface area contributed by atoms with E-state index in [4.69, 9.17) is 49.5 Å². The minimum Gasteiger partial charge on any atom is -0.487 e. The van der Waals surface area contributed by atoms with Crippen molar-refractivity contribution in [3.05, 3.63) is 64.1 Å². The fourth-order valence-electron chi connectivity index (χ4n) is 6.43. The molecule has 3 aliphatic rings. The molecule has 1 aromatic heterocycles. The molecule has 18 nitrogen and oxygen atoms in total. The Morgan fingerprint density at radius 3 is 2.61 bits per heavy atom. The van der Waals surface area contributed by atoms with Crippen LogP contribution < -0.4 is 31.0 Å². The van der Waals surface area contributed by atoms with Gasteiger partial charge in [-0.3, -0.25) is 0 Å². The van der Waals surface area contributed by atoms with Crippen molar-refractivity contribution < 1.29 is 56.0 Å². The van der Waals surface area contributed by atoms with E-state index in [1.54, 1.807) is 24.3 Å². The maximum atomic E-state index is 14.3. The van der Waals surface area contributed by atoms with Gasteiger partial charge in [-0.1, -0.05) is 26.0 Å². The van der Waals surface area contributed by atoms with Crippen molar-refractivity contribution in [2.24, 2.45) is 28.5 Å². The number of rotatable bonds is 18. The van der Waals surface area contributed by atoms with Gasteiger partial charge >= 0.3 is 12.1 Å². The Labute approximate surface area is 328 Å². The summed E-state index contributed by atoms with van der Waals surface area (Å²) in [4.78, 5) is 36.2. The quantitative estimate of drug-likeness (QED) is 0.0725. The van der Waals surface area contributed by atoms with Crippen LogP contribution in [0.5, 0.6) is 17.2 Å². The highest BCUT2D eigenvalue weighted by Gasteiger charge is 2.44. The number of hydrogen-bond donors (Lipinski definition) is 3. The van der Waals surface area contributed by atoms with Crippen molar-refractivity contribution in [2.45, 2.75) is 69.7 Å². The Balaban J connectivity index is 1.29. The van der Waals surface area contributed by atoms with Gasteiger partial charge in [0.05, 0.1) is 47.3 Å². The monoisotopic (exact) mass is 818 g/mol. The number of carbonyl (C=O) groups is 2. The van der Waals surface area contributed by atoms with E-state index >= 15 is 0 Å². The third kappa shape index (κ3) is 10.7. The van der Waals surface area contributed by atoms with Gasteiger partial charge in [-0.15, -0.1) is 11.3 Å². The van der Waals surface area contributed by atoms with Crippen LogP contribution >= 0.6 is 11.3 Å². The number of guanidine groups is 1. The Kier molecular flexibility index (Phi) is 13.4. The largest absolute Gasteiger partial charge is 0.487 e. The van der Waals surface area contributed by atoms with Gasteiger partial charge in [0.25, 0.3) is 0 Å². The molecule has 0 saturated carbocycles. The van der Waals surface area contributed by atoms with E-state index in [1.165, 1.54) is 33.8 Å². The Bertz CT molecular complexity index is 1960. The molecule has 0 bridgehead atoms. The minimum atomic E-state index is -4.25. The summed E-state index contributed by atoms with van der Waals surface area (Å²) in [5, 5.41) is 9.10. The first kappa shape index (κ1) is 40.8. The van der Waals surface area contributed by atoms with Gasteiger partial charge in [-0.2, -0.15) is 4.31 Å². The molecule has 0 spiro atoms. The maximum absolute atomic E-state index is 14.3. The predicted molar refractivity (Wildman–Crippen MR) is 200 cm³/mol. The molecule has 5 N–H and O–H groups in total. The second-order valence-electron chi connectivity index (χ2n) is 13.8. The lowest BCUT2D eigenvalue weighted by Crippen LogP contribution is -2.53. The van der Waals surface area contributed by atoms with Gasteiger partial charge < -0.3 is 54.8 Å². The van der Waals surface area contributed by atoms with Crippen LogP contribution in [-0.4, -0.2) is 100.0 Å². The van der Waals surface area contributed by atoms with Crippen molar-refractivity contribution in [2.75, 3.05) is 39.7 Å². The average molecular weight is 819 g/mol. The molecule has 1 amide bonds. The SMILES string of the molecule is Cc1nc(COc2ccc(C[C@H](NC(=O)O[C@H]3CO[C@H]4OCC[C@H]43)[C@@H](CN(CC(C)C)S(=O)(=O)c3ccc4c(c3)OCO4)OC(=O)CON=C(N)N)cc2)cs1. The van der Waals surface area contributed by atoms with Crippen LogP contribution in [0.4, 0.5) is 4.79 Å². The zero-order valence-corrected chi connectivity index (χ0v) is 32.8. The number of nitrogens with one attached hydrogen (secondary N) is 1. The van der Waals surface area contributed by atoms with Crippen LogP contribution in [0, 0.1) is 18.8 Å². The van der Waals surface area contributed by atoms with E-state index in [-0.39, 0.29) is 62.0 Å². The summed E-state index contributed by atoms with van der Waals surface area (Å²) in [6.07, 6.45) is -2.44. The molecule has 3 aliphatic heterocycles. The smallest absolute Gasteiger partial charge is 0.407 e. The first-order valence-corrected chi connectivity index (χ1v) is 20.3. The summed E-state index contributed by atoms with van der Waals surface area (Å²) in [6.45, 7) is 5.41. The van der Waals surface area contributed by atoms with Crippen LogP contribution in [0.3, 0.4) is 0 Å². The first-order chi connectivity index (χ1) is 26.8. The lowest BCUT2D eigenvalue weighted by atomic mass is 10.0. The van der Waals surface area contributed by atoms with E-state index in [0.717, 1.165) is 10.7 Å². The van der Waals surface area contributed by atoms with Crippen molar-refractivity contribution in [1.29, 1.82) is 0 Å². The number of oxime groups is 1. The van der Waals surface area contributed by atoms with Crippen LogP contribution in [0.15, 0.2) is 57.9 Å². The molecule has 0 radical (unpaired) electrons. The second-order valence-corrected chi connectivity index (χ2v) is 16.8. The van der Waals surface area contributed by atoms with Crippen molar-refractivity contribution in [3.8, 4) is 17.2 Å². The maximum Gasteiger partial charge on any atom is 0.407 e. The molecule has 56 heavy (non-hydrogen) atoms.